The van der Waals surface area contributed by atoms with E-state index in [1.54, 1.807) is 22.7 Å². The van der Waals surface area contributed by atoms with Gasteiger partial charge in [-0.15, -0.1) is 0 Å². The summed E-state index contributed by atoms with van der Waals surface area (Å²) < 4.78 is 41.1. The second-order valence-electron chi connectivity index (χ2n) is 6.54. The van der Waals surface area contributed by atoms with E-state index in [1.165, 1.54) is 18.2 Å². The van der Waals surface area contributed by atoms with Gasteiger partial charge in [0.25, 0.3) is 0 Å². The first kappa shape index (κ1) is 19.7. The molecule has 3 nitrogen and oxygen atoms in total. The fourth-order valence-corrected chi connectivity index (χ4v) is 3.32. The van der Waals surface area contributed by atoms with Crippen molar-refractivity contribution < 1.29 is 13.2 Å². The first-order valence-electron chi connectivity index (χ1n) is 8.89. The average molecular weight is 424 g/mol. The van der Waals surface area contributed by atoms with E-state index < -0.39 is 11.7 Å². The number of nitriles is 1. The van der Waals surface area contributed by atoms with Crippen LogP contribution in [0.25, 0.3) is 28.6 Å². The fraction of sp³-hybridized carbons (Fsp3) is 0.0435. The predicted octanol–water partition coefficient (Wildman–Crippen LogP) is 6.74. The molecule has 7 heteroatoms. The molecule has 2 aromatic heterocycles. The Bertz CT molecular complexity index is 1300. The largest absolute Gasteiger partial charge is 0.416 e. The summed E-state index contributed by atoms with van der Waals surface area (Å²) in [5, 5.41) is 10.2. The van der Waals surface area contributed by atoms with E-state index in [1.807, 2.05) is 36.4 Å². The molecular formula is C23H13ClF3N3. The van der Waals surface area contributed by atoms with Crippen molar-refractivity contribution in [2.24, 2.45) is 0 Å². The number of aromatic nitrogens is 2. The lowest BCUT2D eigenvalue weighted by Crippen LogP contribution is -2.05. The van der Waals surface area contributed by atoms with E-state index in [0.717, 1.165) is 17.7 Å². The lowest BCUT2D eigenvalue weighted by molar-refractivity contribution is -0.137. The summed E-state index contributed by atoms with van der Waals surface area (Å²) in [5.74, 6) is 0. The van der Waals surface area contributed by atoms with Crippen LogP contribution < -0.4 is 0 Å². The molecule has 2 aromatic carbocycles. The molecule has 4 rings (SSSR count). The van der Waals surface area contributed by atoms with Crippen LogP contribution in [0.4, 0.5) is 13.2 Å². The number of fused-ring (bicyclic) bond motifs is 1. The van der Waals surface area contributed by atoms with Crippen LogP contribution in [-0.2, 0) is 6.18 Å². The van der Waals surface area contributed by atoms with Crippen molar-refractivity contribution in [1.29, 1.82) is 5.26 Å². The molecule has 0 spiro atoms. The van der Waals surface area contributed by atoms with Gasteiger partial charge in [-0.3, -0.25) is 4.40 Å². The molecule has 0 saturated carbocycles. The Balaban J connectivity index is 1.95. The Hall–Kier alpha value is -3.56. The van der Waals surface area contributed by atoms with Gasteiger partial charge in [-0.25, -0.2) is 4.98 Å². The second kappa shape index (κ2) is 7.69. The number of rotatable bonds is 3. The van der Waals surface area contributed by atoms with E-state index in [2.05, 4.69) is 4.98 Å². The number of nitrogens with zero attached hydrogens (tertiary/aromatic N) is 3. The highest BCUT2D eigenvalue weighted by atomic mass is 35.5. The van der Waals surface area contributed by atoms with Gasteiger partial charge in [0.15, 0.2) is 0 Å². The average Bonchev–Trinajstić information content (AvgIpc) is 3.09. The van der Waals surface area contributed by atoms with Gasteiger partial charge in [0.2, 0.25) is 0 Å². The van der Waals surface area contributed by atoms with Crippen LogP contribution in [0.3, 0.4) is 0 Å². The highest BCUT2D eigenvalue weighted by Gasteiger charge is 2.30. The third kappa shape index (κ3) is 3.80. The summed E-state index contributed by atoms with van der Waals surface area (Å²) in [7, 11) is 0. The normalized spacial score (nSPS) is 12.2. The summed E-state index contributed by atoms with van der Waals surface area (Å²) in [6.45, 7) is 0. The zero-order valence-corrected chi connectivity index (χ0v) is 16.1. The van der Waals surface area contributed by atoms with Crippen LogP contribution in [0.15, 0.2) is 72.9 Å². The minimum absolute atomic E-state index is 0.0834. The molecule has 0 saturated heterocycles. The standard InChI is InChI=1S/C23H13ClF3N3/c24-19-9-10-21-29-22(15-5-2-1-3-6-15)20(30(21)14-19)12-17(13-28)16-7-4-8-18(11-16)23(25,26)27/h1-12,14H. The maximum atomic E-state index is 13.1. The topological polar surface area (TPSA) is 41.1 Å². The molecule has 0 atom stereocenters. The maximum absolute atomic E-state index is 13.1. The summed E-state index contributed by atoms with van der Waals surface area (Å²) >= 11 is 6.14. The van der Waals surface area contributed by atoms with Crippen molar-refractivity contribution >= 4 is 28.9 Å². The molecule has 2 heterocycles. The highest BCUT2D eigenvalue weighted by molar-refractivity contribution is 6.30. The van der Waals surface area contributed by atoms with Gasteiger partial charge in [0.05, 0.1) is 33.6 Å². The Kier molecular flexibility index (Phi) is 5.06. The quantitative estimate of drug-likeness (QED) is 0.342. The first-order chi connectivity index (χ1) is 14.4. The molecule has 0 aliphatic heterocycles. The van der Waals surface area contributed by atoms with Crippen LogP contribution >= 0.6 is 11.6 Å². The van der Waals surface area contributed by atoms with Crippen LogP contribution in [0.1, 0.15) is 16.8 Å². The van der Waals surface area contributed by atoms with E-state index >= 15 is 0 Å². The molecule has 0 bridgehead atoms. The molecule has 0 aliphatic rings. The lowest BCUT2D eigenvalue weighted by Gasteiger charge is -2.08. The van der Waals surface area contributed by atoms with Crippen LogP contribution in [0.5, 0.6) is 0 Å². The molecule has 4 aromatic rings. The lowest BCUT2D eigenvalue weighted by atomic mass is 10.0. The smallest absolute Gasteiger partial charge is 0.298 e. The minimum atomic E-state index is -4.50. The van der Waals surface area contributed by atoms with Gasteiger partial charge in [0.1, 0.15) is 5.65 Å². The summed E-state index contributed by atoms with van der Waals surface area (Å²) in [6.07, 6.45) is -1.31. The van der Waals surface area contributed by atoms with Crippen LogP contribution in [0.2, 0.25) is 5.02 Å². The molecule has 0 unspecified atom stereocenters. The van der Waals surface area contributed by atoms with Gasteiger partial charge >= 0.3 is 6.18 Å². The molecule has 0 aliphatic carbocycles. The minimum Gasteiger partial charge on any atom is -0.298 e. The summed E-state index contributed by atoms with van der Waals surface area (Å²) in [5.41, 5.74) is 2.00. The molecule has 0 amide bonds. The highest BCUT2D eigenvalue weighted by Crippen LogP contribution is 2.33. The Morgan fingerprint density at radius 2 is 1.80 bits per heavy atom. The maximum Gasteiger partial charge on any atom is 0.416 e. The van der Waals surface area contributed by atoms with Crippen LogP contribution in [0, 0.1) is 11.3 Å². The molecule has 0 N–H and O–H groups in total. The van der Waals surface area contributed by atoms with Gasteiger partial charge in [0, 0.05) is 11.8 Å². The molecule has 0 fully saturated rings. The third-order valence-corrected chi connectivity index (χ3v) is 4.79. The number of halogens is 4. The van der Waals surface area contributed by atoms with Crippen molar-refractivity contribution in [2.45, 2.75) is 6.18 Å². The van der Waals surface area contributed by atoms with Crippen molar-refractivity contribution in [3.8, 4) is 17.3 Å². The summed E-state index contributed by atoms with van der Waals surface area (Å²) in [6, 6.07) is 19.5. The van der Waals surface area contributed by atoms with Gasteiger partial charge in [-0.2, -0.15) is 18.4 Å². The van der Waals surface area contributed by atoms with E-state index in [9.17, 15) is 18.4 Å². The zero-order chi connectivity index (χ0) is 21.3. The Morgan fingerprint density at radius 3 is 2.50 bits per heavy atom. The second-order valence-corrected chi connectivity index (χ2v) is 6.97. The van der Waals surface area contributed by atoms with Gasteiger partial charge < -0.3 is 0 Å². The molecule has 0 radical (unpaired) electrons. The van der Waals surface area contributed by atoms with E-state index in [4.69, 9.17) is 11.6 Å². The van der Waals surface area contributed by atoms with Gasteiger partial charge in [-0.1, -0.05) is 54.1 Å². The third-order valence-electron chi connectivity index (χ3n) is 4.57. The monoisotopic (exact) mass is 423 g/mol. The summed E-state index contributed by atoms with van der Waals surface area (Å²) in [4.78, 5) is 4.63. The first-order valence-corrected chi connectivity index (χ1v) is 9.27. The van der Waals surface area contributed by atoms with Crippen molar-refractivity contribution in [3.05, 3.63) is 94.8 Å². The van der Waals surface area contributed by atoms with E-state index in [0.29, 0.717) is 22.1 Å². The Morgan fingerprint density at radius 1 is 1.03 bits per heavy atom. The number of alkyl halides is 3. The van der Waals surface area contributed by atoms with Crippen molar-refractivity contribution in [2.75, 3.05) is 0 Å². The van der Waals surface area contributed by atoms with Gasteiger partial charge in [-0.05, 0) is 35.9 Å². The predicted molar refractivity (Wildman–Crippen MR) is 111 cm³/mol. The molecule has 148 valence electrons. The van der Waals surface area contributed by atoms with E-state index in [-0.39, 0.29) is 11.1 Å². The molecular weight excluding hydrogens is 411 g/mol. The number of hydrogen-bond acceptors (Lipinski definition) is 2. The zero-order valence-electron chi connectivity index (χ0n) is 15.4. The van der Waals surface area contributed by atoms with Crippen LogP contribution in [-0.4, -0.2) is 9.38 Å². The van der Waals surface area contributed by atoms with Crippen molar-refractivity contribution in [3.63, 3.8) is 0 Å². The number of benzene rings is 2. The molecule has 30 heavy (non-hydrogen) atoms. The number of hydrogen-bond donors (Lipinski definition) is 0. The SMILES string of the molecule is N#CC(=Cc1c(-c2ccccc2)nc2ccc(Cl)cn12)c1cccc(C(F)(F)F)c1. The fourth-order valence-electron chi connectivity index (χ4n) is 3.16. The number of allylic oxidation sites excluding steroid dienone is 1. The van der Waals surface area contributed by atoms with Crippen molar-refractivity contribution in [1.82, 2.24) is 9.38 Å². The Labute approximate surface area is 175 Å². The number of imidazole rings is 1. The number of pyridine rings is 1.